The molecule has 0 atom stereocenters. The normalized spacial score (nSPS) is 10.4. The van der Waals surface area contributed by atoms with Gasteiger partial charge >= 0.3 is 0 Å². The monoisotopic (exact) mass is 272 g/mol. The molecular weight excluding hydrogens is 255 g/mol. The molecule has 4 heteroatoms. The topological polar surface area (TPSA) is 55.1 Å². The first kappa shape index (κ1) is 14.1. The van der Waals surface area contributed by atoms with Crippen molar-refractivity contribution in [1.29, 1.82) is 0 Å². The molecular formula is C16H17FN2O. The van der Waals surface area contributed by atoms with Crippen molar-refractivity contribution in [3.8, 4) is 0 Å². The van der Waals surface area contributed by atoms with Crippen LogP contribution in [0, 0.1) is 26.6 Å². The zero-order chi connectivity index (χ0) is 14.9. The van der Waals surface area contributed by atoms with Crippen LogP contribution in [0.15, 0.2) is 30.3 Å². The smallest absolute Gasteiger partial charge is 0.258 e. The number of halogens is 1. The highest BCUT2D eigenvalue weighted by Gasteiger charge is 2.13. The van der Waals surface area contributed by atoms with E-state index >= 15 is 0 Å². The second kappa shape index (κ2) is 5.33. The molecule has 0 aliphatic rings. The minimum Gasteiger partial charge on any atom is -0.399 e. The number of carbonyl (C=O) groups is 1. The van der Waals surface area contributed by atoms with Crippen LogP contribution in [0.1, 0.15) is 27.0 Å². The number of carbonyl (C=O) groups excluding carboxylic acids is 1. The first-order valence-electron chi connectivity index (χ1n) is 6.32. The van der Waals surface area contributed by atoms with Crippen LogP contribution in [0.2, 0.25) is 0 Å². The molecule has 0 fully saturated rings. The number of anilines is 2. The van der Waals surface area contributed by atoms with E-state index in [2.05, 4.69) is 5.32 Å². The van der Waals surface area contributed by atoms with Crippen molar-refractivity contribution >= 4 is 17.3 Å². The Kier molecular flexibility index (Phi) is 3.74. The average Bonchev–Trinajstić information content (AvgIpc) is 2.38. The number of aryl methyl sites for hydroxylation is 3. The first-order chi connectivity index (χ1) is 9.38. The highest BCUT2D eigenvalue weighted by molar-refractivity contribution is 6.05. The van der Waals surface area contributed by atoms with Crippen molar-refractivity contribution in [2.75, 3.05) is 11.1 Å². The Morgan fingerprint density at radius 2 is 1.80 bits per heavy atom. The van der Waals surface area contributed by atoms with Crippen LogP contribution in [-0.2, 0) is 0 Å². The van der Waals surface area contributed by atoms with E-state index in [4.69, 9.17) is 5.73 Å². The highest BCUT2D eigenvalue weighted by atomic mass is 19.1. The number of hydrogen-bond donors (Lipinski definition) is 2. The Hall–Kier alpha value is -2.36. The van der Waals surface area contributed by atoms with Crippen molar-refractivity contribution in [3.05, 3.63) is 58.4 Å². The van der Waals surface area contributed by atoms with Crippen LogP contribution in [0.5, 0.6) is 0 Å². The van der Waals surface area contributed by atoms with Gasteiger partial charge in [-0.25, -0.2) is 4.39 Å². The van der Waals surface area contributed by atoms with Gasteiger partial charge < -0.3 is 11.1 Å². The quantitative estimate of drug-likeness (QED) is 0.821. The molecule has 2 aromatic rings. The molecule has 0 heterocycles. The number of hydrogen-bond acceptors (Lipinski definition) is 2. The minimum absolute atomic E-state index is 0.0406. The Balaban J connectivity index is 2.32. The zero-order valence-electron chi connectivity index (χ0n) is 11.8. The molecule has 1 amide bonds. The molecule has 104 valence electrons. The van der Waals surface area contributed by atoms with Gasteiger partial charge in [-0.3, -0.25) is 4.79 Å². The van der Waals surface area contributed by atoms with Crippen LogP contribution in [0.25, 0.3) is 0 Å². The van der Waals surface area contributed by atoms with Gasteiger partial charge in [0.2, 0.25) is 0 Å². The molecule has 0 unspecified atom stereocenters. The maximum atomic E-state index is 13.7. The summed E-state index contributed by atoms with van der Waals surface area (Å²) in [5.74, 6) is -0.989. The summed E-state index contributed by atoms with van der Waals surface area (Å²) in [5, 5.41) is 2.73. The first-order valence-corrected chi connectivity index (χ1v) is 6.32. The van der Waals surface area contributed by atoms with Gasteiger partial charge in [-0.1, -0.05) is 11.6 Å². The van der Waals surface area contributed by atoms with E-state index in [0.29, 0.717) is 11.4 Å². The van der Waals surface area contributed by atoms with E-state index in [9.17, 15) is 9.18 Å². The molecule has 3 nitrogen and oxygen atoms in total. The van der Waals surface area contributed by atoms with Crippen molar-refractivity contribution in [2.24, 2.45) is 0 Å². The number of nitrogens with one attached hydrogen (secondary N) is 1. The predicted molar refractivity (Wildman–Crippen MR) is 79.4 cm³/mol. The van der Waals surface area contributed by atoms with Crippen molar-refractivity contribution in [2.45, 2.75) is 20.8 Å². The summed E-state index contributed by atoms with van der Waals surface area (Å²) in [7, 11) is 0. The third-order valence-electron chi connectivity index (χ3n) is 3.23. The van der Waals surface area contributed by atoms with E-state index in [1.54, 1.807) is 18.2 Å². The lowest BCUT2D eigenvalue weighted by atomic mass is 10.1. The summed E-state index contributed by atoms with van der Waals surface area (Å²) in [6.07, 6.45) is 0. The largest absolute Gasteiger partial charge is 0.399 e. The number of nitrogens with two attached hydrogens (primary N) is 1. The molecule has 0 aliphatic heterocycles. The fourth-order valence-electron chi connectivity index (χ4n) is 1.98. The number of amides is 1. The molecule has 3 N–H and O–H groups in total. The molecule has 0 aromatic heterocycles. The lowest BCUT2D eigenvalue weighted by Gasteiger charge is -2.12. The SMILES string of the molecule is Cc1ccc(F)c(C(=O)Nc2cc(C)c(N)cc2C)c1. The van der Waals surface area contributed by atoms with Gasteiger partial charge in [0.1, 0.15) is 5.82 Å². The standard InChI is InChI=1S/C16H17FN2O/c1-9-4-5-13(17)12(6-9)16(20)19-15-8-10(2)14(18)7-11(15)3/h4-8H,18H2,1-3H3,(H,19,20). The summed E-state index contributed by atoms with van der Waals surface area (Å²) in [5.41, 5.74) is 9.70. The summed E-state index contributed by atoms with van der Waals surface area (Å²) < 4.78 is 13.7. The number of benzene rings is 2. The lowest BCUT2D eigenvalue weighted by Crippen LogP contribution is -2.15. The van der Waals surface area contributed by atoms with E-state index in [-0.39, 0.29) is 5.56 Å². The summed E-state index contributed by atoms with van der Waals surface area (Å²) >= 11 is 0. The van der Waals surface area contributed by atoms with Crippen LogP contribution in [0.3, 0.4) is 0 Å². The minimum atomic E-state index is -0.530. The highest BCUT2D eigenvalue weighted by Crippen LogP contribution is 2.23. The fraction of sp³-hybridized carbons (Fsp3) is 0.188. The lowest BCUT2D eigenvalue weighted by molar-refractivity contribution is 0.102. The van der Waals surface area contributed by atoms with Crippen molar-refractivity contribution in [3.63, 3.8) is 0 Å². The molecule has 2 aromatic carbocycles. The molecule has 0 radical (unpaired) electrons. The van der Waals surface area contributed by atoms with Crippen molar-refractivity contribution < 1.29 is 9.18 Å². The van der Waals surface area contributed by atoms with Gasteiger partial charge in [0, 0.05) is 11.4 Å². The second-order valence-electron chi connectivity index (χ2n) is 4.96. The van der Waals surface area contributed by atoms with E-state index in [1.807, 2.05) is 20.8 Å². The number of nitrogen functional groups attached to an aromatic ring is 1. The summed E-state index contributed by atoms with van der Waals surface area (Å²) in [6, 6.07) is 8.04. The van der Waals surface area contributed by atoms with Crippen LogP contribution in [0.4, 0.5) is 15.8 Å². The molecule has 0 bridgehead atoms. The Labute approximate surface area is 117 Å². The van der Waals surface area contributed by atoms with E-state index in [0.717, 1.165) is 16.7 Å². The molecule has 0 aliphatic carbocycles. The van der Waals surface area contributed by atoms with Crippen LogP contribution >= 0.6 is 0 Å². The summed E-state index contributed by atoms with van der Waals surface area (Å²) in [6.45, 7) is 5.52. The van der Waals surface area contributed by atoms with Gasteiger partial charge in [-0.15, -0.1) is 0 Å². The summed E-state index contributed by atoms with van der Waals surface area (Å²) in [4.78, 5) is 12.2. The Bertz CT molecular complexity index is 680. The molecule has 2 rings (SSSR count). The average molecular weight is 272 g/mol. The fourth-order valence-corrected chi connectivity index (χ4v) is 1.98. The van der Waals surface area contributed by atoms with Crippen LogP contribution in [-0.4, -0.2) is 5.91 Å². The van der Waals surface area contributed by atoms with Gasteiger partial charge in [0.05, 0.1) is 5.56 Å². The maximum absolute atomic E-state index is 13.7. The van der Waals surface area contributed by atoms with Gasteiger partial charge in [0.15, 0.2) is 0 Å². The third kappa shape index (κ3) is 2.79. The second-order valence-corrected chi connectivity index (χ2v) is 4.96. The van der Waals surface area contributed by atoms with Crippen LogP contribution < -0.4 is 11.1 Å². The zero-order valence-corrected chi connectivity index (χ0v) is 11.8. The van der Waals surface area contributed by atoms with E-state index in [1.165, 1.54) is 12.1 Å². The van der Waals surface area contributed by atoms with Crippen molar-refractivity contribution in [1.82, 2.24) is 0 Å². The number of rotatable bonds is 2. The van der Waals surface area contributed by atoms with Gasteiger partial charge in [-0.2, -0.15) is 0 Å². The van der Waals surface area contributed by atoms with E-state index < -0.39 is 11.7 Å². The predicted octanol–water partition coefficient (Wildman–Crippen LogP) is 3.59. The van der Waals surface area contributed by atoms with Gasteiger partial charge in [0.25, 0.3) is 5.91 Å². The molecule has 0 saturated carbocycles. The van der Waals surface area contributed by atoms with Gasteiger partial charge in [-0.05, 0) is 56.2 Å². The maximum Gasteiger partial charge on any atom is 0.258 e. The molecule has 20 heavy (non-hydrogen) atoms. The Morgan fingerprint density at radius 1 is 1.10 bits per heavy atom. The third-order valence-corrected chi connectivity index (χ3v) is 3.23. The molecule has 0 saturated heterocycles. The Morgan fingerprint density at radius 3 is 2.50 bits per heavy atom. The molecule has 0 spiro atoms.